The molecule has 0 bridgehead atoms. The van der Waals surface area contributed by atoms with Crippen molar-refractivity contribution in [2.75, 3.05) is 20.2 Å². The minimum Gasteiger partial charge on any atom is -0.508 e. The predicted octanol–water partition coefficient (Wildman–Crippen LogP) is 5.50. The topological polar surface area (TPSA) is 61.7 Å². The standard InChI is InChI=1S/C26H43NO3/c1-25(2,12-8-6-7-9-13-27-5)19-15-22(29)24-20-14-18(17-28)10-11-21(20)26(3,4)30-23(24)16-19/h15-16,18,20-21,27-29H,6-14,17H2,1-5H3/t18-,20?,21-/m1/s1. The molecule has 0 spiro atoms. The highest BCUT2D eigenvalue weighted by atomic mass is 16.5. The molecular weight excluding hydrogens is 374 g/mol. The van der Waals surface area contributed by atoms with E-state index in [1.165, 1.54) is 25.7 Å². The minimum absolute atomic E-state index is 0.0000659. The number of phenolic OH excluding ortho intramolecular Hbond substituents is 1. The van der Waals surface area contributed by atoms with Gasteiger partial charge in [0.2, 0.25) is 0 Å². The number of ether oxygens (including phenoxy) is 1. The van der Waals surface area contributed by atoms with Crippen molar-refractivity contribution in [3.8, 4) is 11.5 Å². The zero-order valence-electron chi connectivity index (χ0n) is 19.8. The van der Waals surface area contributed by atoms with E-state index in [9.17, 15) is 10.2 Å². The summed E-state index contributed by atoms with van der Waals surface area (Å²) >= 11 is 0. The first-order valence-corrected chi connectivity index (χ1v) is 12.0. The van der Waals surface area contributed by atoms with Crippen molar-refractivity contribution in [1.29, 1.82) is 0 Å². The van der Waals surface area contributed by atoms with Crippen molar-refractivity contribution in [2.45, 2.75) is 96.0 Å². The van der Waals surface area contributed by atoms with Gasteiger partial charge in [0.05, 0.1) is 0 Å². The molecule has 4 nitrogen and oxygen atoms in total. The summed E-state index contributed by atoms with van der Waals surface area (Å²) in [6.07, 6.45) is 9.07. The summed E-state index contributed by atoms with van der Waals surface area (Å²) in [7, 11) is 2.01. The molecule has 1 fully saturated rings. The Balaban J connectivity index is 1.80. The molecule has 3 atom stereocenters. The normalized spacial score (nSPS) is 25.3. The molecule has 30 heavy (non-hydrogen) atoms. The van der Waals surface area contributed by atoms with Gasteiger partial charge in [-0.15, -0.1) is 0 Å². The lowest BCUT2D eigenvalue weighted by Crippen LogP contribution is -2.47. The third-order valence-corrected chi connectivity index (χ3v) is 7.73. The van der Waals surface area contributed by atoms with E-state index in [0.717, 1.165) is 49.1 Å². The van der Waals surface area contributed by atoms with Crippen LogP contribution in [-0.4, -0.2) is 36.0 Å². The number of unbranched alkanes of at least 4 members (excludes halogenated alkanes) is 3. The fourth-order valence-electron chi connectivity index (χ4n) is 5.76. The first kappa shape index (κ1) is 23.4. The van der Waals surface area contributed by atoms with Gasteiger partial charge in [0, 0.05) is 18.1 Å². The van der Waals surface area contributed by atoms with Crippen LogP contribution in [0.15, 0.2) is 12.1 Å². The fraction of sp³-hybridized carbons (Fsp3) is 0.769. The molecule has 170 valence electrons. The Hall–Kier alpha value is -1.26. The summed E-state index contributed by atoms with van der Waals surface area (Å²) in [5, 5.41) is 24.0. The van der Waals surface area contributed by atoms with Crippen LogP contribution in [0.2, 0.25) is 0 Å². The lowest BCUT2D eigenvalue weighted by Gasteiger charge is -2.49. The lowest BCUT2D eigenvalue weighted by atomic mass is 9.63. The number of aliphatic hydroxyl groups excluding tert-OH is 1. The van der Waals surface area contributed by atoms with Crippen LogP contribution < -0.4 is 10.1 Å². The highest BCUT2D eigenvalue weighted by molar-refractivity contribution is 5.53. The van der Waals surface area contributed by atoms with E-state index in [2.05, 4.69) is 39.1 Å². The highest BCUT2D eigenvalue weighted by Gasteiger charge is 2.47. The second-order valence-corrected chi connectivity index (χ2v) is 10.8. The Morgan fingerprint density at radius 2 is 1.87 bits per heavy atom. The van der Waals surface area contributed by atoms with Gasteiger partial charge in [-0.1, -0.05) is 33.1 Å². The number of rotatable bonds is 9. The number of phenols is 1. The molecule has 0 amide bonds. The quantitative estimate of drug-likeness (QED) is 0.464. The Morgan fingerprint density at radius 3 is 2.57 bits per heavy atom. The van der Waals surface area contributed by atoms with Crippen molar-refractivity contribution in [2.24, 2.45) is 11.8 Å². The summed E-state index contributed by atoms with van der Waals surface area (Å²) in [5.41, 5.74) is 1.89. The number of benzene rings is 1. The van der Waals surface area contributed by atoms with Crippen molar-refractivity contribution in [3.63, 3.8) is 0 Å². The zero-order chi connectivity index (χ0) is 21.9. The van der Waals surface area contributed by atoms with Crippen molar-refractivity contribution >= 4 is 0 Å². The molecule has 3 rings (SSSR count). The summed E-state index contributed by atoms with van der Waals surface area (Å²) in [6, 6.07) is 4.18. The highest BCUT2D eigenvalue weighted by Crippen LogP contribution is 2.56. The molecule has 1 aliphatic heterocycles. The average molecular weight is 418 g/mol. The molecule has 2 aliphatic rings. The van der Waals surface area contributed by atoms with Crippen LogP contribution in [0.25, 0.3) is 0 Å². The third-order valence-electron chi connectivity index (χ3n) is 7.73. The zero-order valence-corrected chi connectivity index (χ0v) is 19.8. The molecule has 1 aromatic carbocycles. The average Bonchev–Trinajstić information content (AvgIpc) is 2.69. The van der Waals surface area contributed by atoms with E-state index >= 15 is 0 Å². The van der Waals surface area contributed by atoms with E-state index in [1.807, 2.05) is 13.1 Å². The van der Waals surface area contributed by atoms with Gasteiger partial charge in [-0.05, 0) is 94.5 Å². The van der Waals surface area contributed by atoms with Gasteiger partial charge in [0.25, 0.3) is 0 Å². The first-order valence-electron chi connectivity index (χ1n) is 12.0. The molecule has 1 unspecified atom stereocenters. The van der Waals surface area contributed by atoms with E-state index in [0.29, 0.717) is 17.6 Å². The van der Waals surface area contributed by atoms with Gasteiger partial charge in [-0.25, -0.2) is 0 Å². The van der Waals surface area contributed by atoms with Crippen LogP contribution in [0, 0.1) is 11.8 Å². The second-order valence-electron chi connectivity index (χ2n) is 10.8. The molecule has 3 N–H and O–H groups in total. The lowest BCUT2D eigenvalue weighted by molar-refractivity contribution is -0.0211. The van der Waals surface area contributed by atoms with Crippen LogP contribution in [0.5, 0.6) is 11.5 Å². The molecule has 1 saturated carbocycles. The van der Waals surface area contributed by atoms with Crippen molar-refractivity contribution < 1.29 is 14.9 Å². The van der Waals surface area contributed by atoms with E-state index < -0.39 is 0 Å². The van der Waals surface area contributed by atoms with Crippen molar-refractivity contribution in [1.82, 2.24) is 5.32 Å². The van der Waals surface area contributed by atoms with Crippen LogP contribution in [0.4, 0.5) is 0 Å². The Labute approximate surface area is 183 Å². The molecule has 0 radical (unpaired) electrons. The predicted molar refractivity (Wildman–Crippen MR) is 124 cm³/mol. The van der Waals surface area contributed by atoms with Gasteiger partial charge in [0.1, 0.15) is 17.1 Å². The van der Waals surface area contributed by atoms with Gasteiger partial charge in [0.15, 0.2) is 0 Å². The first-order chi connectivity index (χ1) is 14.2. The largest absolute Gasteiger partial charge is 0.508 e. The number of aromatic hydroxyl groups is 1. The van der Waals surface area contributed by atoms with Gasteiger partial charge >= 0.3 is 0 Å². The van der Waals surface area contributed by atoms with Gasteiger partial charge in [-0.3, -0.25) is 0 Å². The maximum absolute atomic E-state index is 11.1. The molecule has 1 aliphatic carbocycles. The smallest absolute Gasteiger partial charge is 0.127 e. The summed E-state index contributed by atoms with van der Waals surface area (Å²) in [4.78, 5) is 0. The van der Waals surface area contributed by atoms with Crippen LogP contribution in [-0.2, 0) is 5.41 Å². The van der Waals surface area contributed by atoms with Crippen LogP contribution in [0.3, 0.4) is 0 Å². The van der Waals surface area contributed by atoms with Crippen LogP contribution >= 0.6 is 0 Å². The number of hydrogen-bond donors (Lipinski definition) is 3. The second kappa shape index (κ2) is 9.48. The SMILES string of the molecule is CNCCCCCCC(C)(C)c1cc(O)c2c(c1)OC(C)(C)[C@@H]1CC[C@@H](CO)CC21. The Morgan fingerprint density at radius 1 is 1.13 bits per heavy atom. The van der Waals surface area contributed by atoms with Gasteiger partial charge in [-0.2, -0.15) is 0 Å². The van der Waals surface area contributed by atoms with Crippen LogP contribution in [0.1, 0.15) is 96.1 Å². The molecule has 1 heterocycles. The van der Waals surface area contributed by atoms with Crippen molar-refractivity contribution in [3.05, 3.63) is 23.3 Å². The maximum atomic E-state index is 11.1. The van der Waals surface area contributed by atoms with E-state index in [1.54, 1.807) is 0 Å². The van der Waals surface area contributed by atoms with E-state index in [-0.39, 0.29) is 23.5 Å². The summed E-state index contributed by atoms with van der Waals surface area (Å²) in [6.45, 7) is 10.3. The Bertz CT molecular complexity index is 712. The summed E-state index contributed by atoms with van der Waals surface area (Å²) < 4.78 is 6.51. The number of hydrogen-bond acceptors (Lipinski definition) is 4. The number of fused-ring (bicyclic) bond motifs is 3. The molecule has 0 aromatic heterocycles. The summed E-state index contributed by atoms with van der Waals surface area (Å²) in [5.74, 6) is 2.21. The molecule has 4 heteroatoms. The Kier molecular flexibility index (Phi) is 7.40. The molecule has 1 aromatic rings. The van der Waals surface area contributed by atoms with Gasteiger partial charge < -0.3 is 20.3 Å². The van der Waals surface area contributed by atoms with E-state index in [4.69, 9.17) is 4.74 Å². The monoisotopic (exact) mass is 417 g/mol. The molecule has 0 saturated heterocycles. The number of nitrogens with one attached hydrogen (secondary N) is 1. The fourth-order valence-corrected chi connectivity index (χ4v) is 5.76. The maximum Gasteiger partial charge on any atom is 0.127 e. The molecular formula is C26H43NO3. The third kappa shape index (κ3) is 4.96. The number of aliphatic hydroxyl groups is 1. The minimum atomic E-state index is -0.249.